The standard InChI is InChI=1S/C10H3F11O3S/c11-7(12,13)4-1-2-6(5(3-4)8(14,15)16)24-25(22,23)10(20,21)9(17,18)19/h1-3H. The molecule has 0 heterocycles. The molecule has 0 N–H and O–H groups in total. The van der Waals surface area contributed by atoms with E-state index < -0.39 is 56.8 Å². The summed E-state index contributed by atoms with van der Waals surface area (Å²) < 4.78 is 162. The van der Waals surface area contributed by atoms with E-state index in [2.05, 4.69) is 4.18 Å². The van der Waals surface area contributed by atoms with E-state index >= 15 is 0 Å². The molecular weight excluding hydrogens is 409 g/mol. The number of halogens is 11. The van der Waals surface area contributed by atoms with E-state index in [-0.39, 0.29) is 12.1 Å². The van der Waals surface area contributed by atoms with Crippen LogP contribution in [0.1, 0.15) is 11.1 Å². The second-order valence-electron chi connectivity index (χ2n) is 4.26. The lowest BCUT2D eigenvalue weighted by Crippen LogP contribution is -2.46. The summed E-state index contributed by atoms with van der Waals surface area (Å²) in [6, 6.07) is -1.22. The van der Waals surface area contributed by atoms with Crippen LogP contribution in [-0.2, 0) is 22.5 Å². The van der Waals surface area contributed by atoms with Gasteiger partial charge in [0.05, 0.1) is 11.1 Å². The Morgan fingerprint density at radius 1 is 0.760 bits per heavy atom. The van der Waals surface area contributed by atoms with E-state index in [1.54, 1.807) is 0 Å². The van der Waals surface area contributed by atoms with Gasteiger partial charge in [0.2, 0.25) is 0 Å². The number of hydrogen-bond acceptors (Lipinski definition) is 3. The van der Waals surface area contributed by atoms with Gasteiger partial charge in [-0.2, -0.15) is 56.7 Å². The van der Waals surface area contributed by atoms with Crippen LogP contribution in [0, 0.1) is 0 Å². The molecule has 3 nitrogen and oxygen atoms in total. The molecule has 15 heteroatoms. The van der Waals surface area contributed by atoms with Crippen molar-refractivity contribution in [1.82, 2.24) is 0 Å². The first kappa shape index (κ1) is 21.2. The van der Waals surface area contributed by atoms with Crippen molar-refractivity contribution in [3.05, 3.63) is 29.3 Å². The maximum absolute atomic E-state index is 12.8. The van der Waals surface area contributed by atoms with Crippen LogP contribution in [0.3, 0.4) is 0 Å². The fourth-order valence-electron chi connectivity index (χ4n) is 1.31. The SMILES string of the molecule is O=S(=O)(Oc1ccc(C(F)(F)F)cc1C(F)(F)F)C(F)(F)C(F)(F)F. The third-order valence-corrected chi connectivity index (χ3v) is 3.71. The summed E-state index contributed by atoms with van der Waals surface area (Å²) in [7, 11) is -7.04. The first-order valence-corrected chi connectivity index (χ1v) is 6.88. The molecule has 144 valence electrons. The molecule has 0 aromatic heterocycles. The second-order valence-corrected chi connectivity index (χ2v) is 5.85. The zero-order valence-electron chi connectivity index (χ0n) is 11.0. The van der Waals surface area contributed by atoms with Gasteiger partial charge in [-0.15, -0.1) is 0 Å². The van der Waals surface area contributed by atoms with Crippen LogP contribution < -0.4 is 4.18 Å². The van der Waals surface area contributed by atoms with Crippen LogP contribution in [0.15, 0.2) is 18.2 Å². The van der Waals surface area contributed by atoms with E-state index in [9.17, 15) is 56.7 Å². The summed E-state index contributed by atoms with van der Waals surface area (Å²) in [6.07, 6.45) is -17.8. The highest BCUT2D eigenvalue weighted by atomic mass is 32.2. The summed E-state index contributed by atoms with van der Waals surface area (Å²) in [4.78, 5) is 0. The highest BCUT2D eigenvalue weighted by molar-refractivity contribution is 7.88. The molecule has 0 atom stereocenters. The molecule has 0 saturated heterocycles. The van der Waals surface area contributed by atoms with Gasteiger partial charge < -0.3 is 4.18 Å². The zero-order chi connectivity index (χ0) is 20.1. The average Bonchev–Trinajstić information content (AvgIpc) is 2.34. The van der Waals surface area contributed by atoms with E-state index in [0.717, 1.165) is 0 Å². The summed E-state index contributed by atoms with van der Waals surface area (Å²) in [5.41, 5.74) is -4.48. The minimum Gasteiger partial charge on any atom is -0.377 e. The molecule has 0 aliphatic carbocycles. The first-order chi connectivity index (χ1) is 10.8. The van der Waals surface area contributed by atoms with Gasteiger partial charge in [-0.25, -0.2) is 0 Å². The topological polar surface area (TPSA) is 43.4 Å². The average molecular weight is 412 g/mol. The normalized spacial score (nSPS) is 14.5. The highest BCUT2D eigenvalue weighted by Crippen LogP contribution is 2.44. The molecule has 1 aromatic carbocycles. The molecule has 0 aliphatic rings. The van der Waals surface area contributed by atoms with Crippen molar-refractivity contribution < 1.29 is 60.9 Å². The third kappa shape index (κ3) is 4.24. The van der Waals surface area contributed by atoms with Gasteiger partial charge >= 0.3 is 33.9 Å². The molecule has 0 saturated carbocycles. The Hall–Kier alpha value is -1.80. The largest absolute Gasteiger partial charge is 0.475 e. The number of hydrogen-bond donors (Lipinski definition) is 0. The number of alkyl halides is 11. The Morgan fingerprint density at radius 3 is 1.60 bits per heavy atom. The van der Waals surface area contributed by atoms with Crippen molar-refractivity contribution in [2.24, 2.45) is 0 Å². The Kier molecular flexibility index (Phi) is 4.99. The minimum atomic E-state index is -7.04. The molecule has 1 rings (SSSR count). The van der Waals surface area contributed by atoms with Gasteiger partial charge in [0.1, 0.15) is 0 Å². The van der Waals surface area contributed by atoms with Gasteiger partial charge in [0, 0.05) is 0 Å². The van der Waals surface area contributed by atoms with Gasteiger partial charge in [-0.3, -0.25) is 0 Å². The quantitative estimate of drug-likeness (QED) is 0.539. The Balaban J connectivity index is 3.50. The molecule has 0 spiro atoms. The predicted molar refractivity (Wildman–Crippen MR) is 57.0 cm³/mol. The summed E-state index contributed by atoms with van der Waals surface area (Å²) >= 11 is 0. The van der Waals surface area contributed by atoms with Crippen molar-refractivity contribution in [1.29, 1.82) is 0 Å². The summed E-state index contributed by atoms with van der Waals surface area (Å²) in [5, 5.41) is -6.61. The van der Waals surface area contributed by atoms with Crippen molar-refractivity contribution >= 4 is 10.1 Å². The van der Waals surface area contributed by atoms with Gasteiger partial charge in [0.15, 0.2) is 5.75 Å². The van der Waals surface area contributed by atoms with Crippen LogP contribution in [0.5, 0.6) is 5.75 Å². The van der Waals surface area contributed by atoms with Crippen LogP contribution in [0.2, 0.25) is 0 Å². The Bertz CT molecular complexity index is 743. The molecule has 0 radical (unpaired) electrons. The fraction of sp³-hybridized carbons (Fsp3) is 0.400. The van der Waals surface area contributed by atoms with Crippen LogP contribution >= 0.6 is 0 Å². The zero-order valence-corrected chi connectivity index (χ0v) is 11.8. The van der Waals surface area contributed by atoms with E-state index in [1.807, 2.05) is 0 Å². The predicted octanol–water partition coefficient (Wildman–Crippen LogP) is 4.59. The van der Waals surface area contributed by atoms with E-state index in [0.29, 0.717) is 0 Å². The smallest absolute Gasteiger partial charge is 0.377 e. The van der Waals surface area contributed by atoms with Gasteiger partial charge in [-0.1, -0.05) is 0 Å². The molecule has 0 amide bonds. The highest BCUT2D eigenvalue weighted by Gasteiger charge is 2.69. The molecular formula is C10H3F11O3S. The molecule has 0 unspecified atom stereocenters. The van der Waals surface area contributed by atoms with Crippen LogP contribution in [0.25, 0.3) is 0 Å². The van der Waals surface area contributed by atoms with Gasteiger partial charge in [-0.05, 0) is 18.2 Å². The maximum atomic E-state index is 12.8. The molecule has 0 fully saturated rings. The summed E-state index contributed by atoms with van der Waals surface area (Å²) in [6.45, 7) is 0. The molecule has 1 aromatic rings. The summed E-state index contributed by atoms with van der Waals surface area (Å²) in [5.74, 6) is -2.18. The fourth-order valence-corrected chi connectivity index (χ4v) is 2.08. The van der Waals surface area contributed by atoms with E-state index in [4.69, 9.17) is 0 Å². The lowest BCUT2D eigenvalue weighted by Gasteiger charge is -2.21. The van der Waals surface area contributed by atoms with E-state index in [1.165, 1.54) is 0 Å². The number of rotatable bonds is 3. The Labute approximate surface area is 131 Å². The lowest BCUT2D eigenvalue weighted by molar-refractivity contribution is -0.243. The second kappa shape index (κ2) is 5.88. The molecule has 0 aliphatic heterocycles. The molecule has 25 heavy (non-hydrogen) atoms. The molecule has 0 bridgehead atoms. The first-order valence-electron chi connectivity index (χ1n) is 5.48. The van der Waals surface area contributed by atoms with Crippen LogP contribution in [-0.4, -0.2) is 19.8 Å². The van der Waals surface area contributed by atoms with Crippen molar-refractivity contribution in [3.63, 3.8) is 0 Å². The van der Waals surface area contributed by atoms with Crippen molar-refractivity contribution in [2.75, 3.05) is 0 Å². The lowest BCUT2D eigenvalue weighted by atomic mass is 10.1. The Morgan fingerprint density at radius 2 is 1.24 bits per heavy atom. The minimum absolute atomic E-state index is 0.189. The van der Waals surface area contributed by atoms with Crippen molar-refractivity contribution in [2.45, 2.75) is 23.8 Å². The van der Waals surface area contributed by atoms with Crippen LogP contribution in [0.4, 0.5) is 48.3 Å². The monoisotopic (exact) mass is 412 g/mol. The van der Waals surface area contributed by atoms with Crippen molar-refractivity contribution in [3.8, 4) is 5.75 Å². The maximum Gasteiger partial charge on any atom is 0.475 e. The third-order valence-electron chi connectivity index (χ3n) is 2.46. The number of benzene rings is 1. The van der Waals surface area contributed by atoms with Gasteiger partial charge in [0.25, 0.3) is 0 Å².